The van der Waals surface area contributed by atoms with Crippen LogP contribution in [0.5, 0.6) is 0 Å². The van der Waals surface area contributed by atoms with Crippen LogP contribution in [-0.2, 0) is 4.79 Å². The van der Waals surface area contributed by atoms with Gasteiger partial charge in [0, 0.05) is 24.7 Å². The molecule has 2 amide bonds. The molecule has 2 aliphatic rings. The zero-order valence-electron chi connectivity index (χ0n) is 17.5. The number of hydrogen-bond donors (Lipinski definition) is 1. The maximum absolute atomic E-state index is 12.6. The summed E-state index contributed by atoms with van der Waals surface area (Å²) >= 11 is 0. The number of nitrogens with one attached hydrogen (secondary N) is 1. The zero-order chi connectivity index (χ0) is 21.2. The van der Waals surface area contributed by atoms with Crippen molar-refractivity contribution in [3.8, 4) is 0 Å². The number of benzene rings is 2. The van der Waals surface area contributed by atoms with Crippen molar-refractivity contribution in [1.29, 1.82) is 0 Å². The molecule has 2 aromatic carbocycles. The summed E-state index contributed by atoms with van der Waals surface area (Å²) in [6, 6.07) is 15.4. The standard InChI is InChI=1S/C25H27N3O3/c29-24(23-21-5-1-2-6-22(21)27-31-23)26-20-13-11-18(12-14-20)17-7-9-19(10-8-17)25(30)28-15-3-4-16-28/h1-2,5-6,11-14,17,19H,3-4,7-10,15-16H2,(H,26,29). The first kappa shape index (κ1) is 19.8. The molecule has 31 heavy (non-hydrogen) atoms. The molecule has 6 heteroatoms. The Labute approximate surface area is 181 Å². The summed E-state index contributed by atoms with van der Waals surface area (Å²) in [4.78, 5) is 27.3. The highest BCUT2D eigenvalue weighted by atomic mass is 16.5. The fourth-order valence-electron chi connectivity index (χ4n) is 4.95. The first-order valence-electron chi connectivity index (χ1n) is 11.2. The van der Waals surface area contributed by atoms with Crippen molar-refractivity contribution in [3.05, 3.63) is 59.9 Å². The van der Waals surface area contributed by atoms with Gasteiger partial charge < -0.3 is 14.7 Å². The molecular formula is C25H27N3O3. The lowest BCUT2D eigenvalue weighted by Gasteiger charge is -2.30. The molecule has 1 aromatic heterocycles. The molecule has 1 saturated heterocycles. The minimum atomic E-state index is -0.303. The van der Waals surface area contributed by atoms with Gasteiger partial charge in [0.15, 0.2) is 0 Å². The van der Waals surface area contributed by atoms with E-state index in [-0.39, 0.29) is 17.6 Å². The fourth-order valence-corrected chi connectivity index (χ4v) is 4.95. The van der Waals surface area contributed by atoms with Crippen LogP contribution >= 0.6 is 0 Å². The number of rotatable bonds is 4. The van der Waals surface area contributed by atoms with Crippen LogP contribution in [0.4, 0.5) is 5.69 Å². The molecule has 0 atom stereocenters. The van der Waals surface area contributed by atoms with E-state index in [9.17, 15) is 9.59 Å². The van der Waals surface area contributed by atoms with Crippen molar-refractivity contribution in [3.63, 3.8) is 0 Å². The van der Waals surface area contributed by atoms with E-state index in [1.807, 2.05) is 36.4 Å². The van der Waals surface area contributed by atoms with Crippen LogP contribution < -0.4 is 5.32 Å². The minimum absolute atomic E-state index is 0.199. The summed E-state index contributed by atoms with van der Waals surface area (Å²) in [5.74, 6) is 0.965. The Morgan fingerprint density at radius 2 is 1.65 bits per heavy atom. The molecular weight excluding hydrogens is 390 g/mol. The van der Waals surface area contributed by atoms with Gasteiger partial charge in [0.05, 0.1) is 5.39 Å². The van der Waals surface area contributed by atoms with Crippen molar-refractivity contribution >= 4 is 28.4 Å². The predicted octanol–water partition coefficient (Wildman–Crippen LogP) is 4.98. The second-order valence-corrected chi connectivity index (χ2v) is 8.69. The summed E-state index contributed by atoms with van der Waals surface area (Å²) in [6.07, 6.45) is 6.32. The van der Waals surface area contributed by atoms with E-state index in [1.165, 1.54) is 5.56 Å². The van der Waals surface area contributed by atoms with E-state index < -0.39 is 0 Å². The first-order chi connectivity index (χ1) is 15.2. The number of nitrogens with zero attached hydrogens (tertiary/aromatic N) is 2. The average molecular weight is 418 g/mol. The van der Waals surface area contributed by atoms with E-state index in [2.05, 4.69) is 27.5 Å². The van der Waals surface area contributed by atoms with Crippen LogP contribution in [0, 0.1) is 5.92 Å². The molecule has 0 unspecified atom stereocenters. The van der Waals surface area contributed by atoms with Gasteiger partial charge in [-0.1, -0.05) is 29.4 Å². The highest BCUT2D eigenvalue weighted by molar-refractivity contribution is 6.10. The largest absolute Gasteiger partial charge is 0.350 e. The smallest absolute Gasteiger partial charge is 0.294 e. The van der Waals surface area contributed by atoms with Crippen LogP contribution in [0.15, 0.2) is 53.1 Å². The van der Waals surface area contributed by atoms with E-state index in [0.717, 1.165) is 57.3 Å². The van der Waals surface area contributed by atoms with Gasteiger partial charge in [0.25, 0.3) is 5.91 Å². The lowest BCUT2D eigenvalue weighted by atomic mass is 9.78. The average Bonchev–Trinajstić information content (AvgIpc) is 3.50. The Morgan fingerprint density at radius 3 is 2.39 bits per heavy atom. The molecule has 0 bridgehead atoms. The van der Waals surface area contributed by atoms with Gasteiger partial charge in [-0.25, -0.2) is 0 Å². The molecule has 5 rings (SSSR count). The van der Waals surface area contributed by atoms with Gasteiger partial charge in [-0.05, 0) is 74.3 Å². The number of carbonyl (C=O) groups excluding carboxylic acids is 2. The Bertz CT molecular complexity index is 1070. The third kappa shape index (κ3) is 4.07. The van der Waals surface area contributed by atoms with E-state index in [0.29, 0.717) is 22.7 Å². The summed E-state index contributed by atoms with van der Waals surface area (Å²) in [7, 11) is 0. The molecule has 1 aliphatic carbocycles. The van der Waals surface area contributed by atoms with Crippen molar-refractivity contribution in [2.45, 2.75) is 44.4 Å². The van der Waals surface area contributed by atoms with Crippen LogP contribution in [0.2, 0.25) is 0 Å². The van der Waals surface area contributed by atoms with Crippen LogP contribution in [0.3, 0.4) is 0 Å². The van der Waals surface area contributed by atoms with Gasteiger partial charge in [0.1, 0.15) is 5.52 Å². The number of aromatic nitrogens is 1. The molecule has 1 N–H and O–H groups in total. The normalized spacial score (nSPS) is 21.4. The van der Waals surface area contributed by atoms with Gasteiger partial charge >= 0.3 is 0 Å². The van der Waals surface area contributed by atoms with E-state index >= 15 is 0 Å². The predicted molar refractivity (Wildman–Crippen MR) is 119 cm³/mol. The Morgan fingerprint density at radius 1 is 0.935 bits per heavy atom. The van der Waals surface area contributed by atoms with Crippen molar-refractivity contribution in [2.75, 3.05) is 18.4 Å². The maximum Gasteiger partial charge on any atom is 0.294 e. The lowest BCUT2D eigenvalue weighted by Crippen LogP contribution is -2.35. The van der Waals surface area contributed by atoms with E-state index in [4.69, 9.17) is 4.52 Å². The number of carbonyl (C=O) groups is 2. The Hall–Kier alpha value is -3.15. The van der Waals surface area contributed by atoms with Gasteiger partial charge in [-0.2, -0.15) is 0 Å². The second-order valence-electron chi connectivity index (χ2n) is 8.69. The quantitative estimate of drug-likeness (QED) is 0.650. The first-order valence-corrected chi connectivity index (χ1v) is 11.2. The fraction of sp³-hybridized carbons (Fsp3) is 0.400. The third-order valence-corrected chi connectivity index (χ3v) is 6.72. The van der Waals surface area contributed by atoms with Crippen LogP contribution in [0.25, 0.3) is 10.9 Å². The summed E-state index contributed by atoms with van der Waals surface area (Å²) in [5.41, 5.74) is 2.67. The summed E-state index contributed by atoms with van der Waals surface area (Å²) < 4.78 is 5.24. The van der Waals surface area contributed by atoms with Gasteiger partial charge in [-0.15, -0.1) is 0 Å². The van der Waals surface area contributed by atoms with Gasteiger partial charge in [0.2, 0.25) is 11.7 Å². The SMILES string of the molecule is O=C(Nc1ccc(C2CCC(C(=O)N3CCCC3)CC2)cc1)c1onc2ccccc12. The highest BCUT2D eigenvalue weighted by Crippen LogP contribution is 2.37. The number of fused-ring (bicyclic) bond motifs is 1. The lowest BCUT2D eigenvalue weighted by molar-refractivity contribution is -0.135. The monoisotopic (exact) mass is 417 g/mol. The molecule has 3 aromatic rings. The van der Waals surface area contributed by atoms with Crippen molar-refractivity contribution in [2.24, 2.45) is 5.92 Å². The molecule has 2 fully saturated rings. The Kier molecular flexibility index (Phi) is 5.45. The summed E-state index contributed by atoms with van der Waals surface area (Å²) in [6.45, 7) is 1.88. The van der Waals surface area contributed by atoms with Crippen LogP contribution in [0.1, 0.15) is 60.6 Å². The van der Waals surface area contributed by atoms with Crippen molar-refractivity contribution in [1.82, 2.24) is 10.1 Å². The number of anilines is 1. The zero-order valence-corrected chi connectivity index (χ0v) is 17.5. The van der Waals surface area contributed by atoms with Crippen molar-refractivity contribution < 1.29 is 14.1 Å². The Balaban J connectivity index is 1.19. The third-order valence-electron chi connectivity index (χ3n) is 6.72. The second kappa shape index (κ2) is 8.53. The van der Waals surface area contributed by atoms with E-state index in [1.54, 1.807) is 0 Å². The van der Waals surface area contributed by atoms with Gasteiger partial charge in [-0.3, -0.25) is 9.59 Å². The molecule has 160 valence electrons. The topological polar surface area (TPSA) is 75.4 Å². The molecule has 2 heterocycles. The molecule has 0 spiro atoms. The number of likely N-dealkylation sites (tertiary alicyclic amines) is 1. The summed E-state index contributed by atoms with van der Waals surface area (Å²) in [5, 5.41) is 7.54. The molecule has 1 saturated carbocycles. The minimum Gasteiger partial charge on any atom is -0.350 e. The maximum atomic E-state index is 12.6. The van der Waals surface area contributed by atoms with Crippen LogP contribution in [-0.4, -0.2) is 35.0 Å². The highest BCUT2D eigenvalue weighted by Gasteiger charge is 2.31. The number of hydrogen-bond acceptors (Lipinski definition) is 4. The molecule has 6 nitrogen and oxygen atoms in total. The molecule has 1 aliphatic heterocycles. The molecule has 0 radical (unpaired) electrons. The number of amides is 2.